The summed E-state index contributed by atoms with van der Waals surface area (Å²) >= 11 is 0. The Bertz CT molecular complexity index is 670. The molecule has 5 heteroatoms. The number of fused-ring (bicyclic) bond motifs is 1. The van der Waals surface area contributed by atoms with Gasteiger partial charge in [-0.25, -0.2) is 10.8 Å². The van der Waals surface area contributed by atoms with Gasteiger partial charge in [0.2, 0.25) is 0 Å². The van der Waals surface area contributed by atoms with Gasteiger partial charge in [-0.05, 0) is 30.2 Å². The number of benzene rings is 1. The second kappa shape index (κ2) is 5.69. The molecule has 0 radical (unpaired) electrons. The standard InChI is InChI=1S/C16H20N4O/c1-11-5-4-8-20(10-11)16(21)14-9-12-6-2-3-7-13(12)15(18-14)19-17/h2-3,6-7,9,11H,4-5,8,10,17H2,1H3,(H,18,19). The van der Waals surface area contributed by atoms with E-state index in [9.17, 15) is 4.79 Å². The van der Waals surface area contributed by atoms with Crippen molar-refractivity contribution in [2.45, 2.75) is 19.8 Å². The summed E-state index contributed by atoms with van der Waals surface area (Å²) in [4.78, 5) is 18.9. The zero-order valence-corrected chi connectivity index (χ0v) is 12.2. The summed E-state index contributed by atoms with van der Waals surface area (Å²) in [5.74, 6) is 6.63. The van der Waals surface area contributed by atoms with Gasteiger partial charge in [-0.1, -0.05) is 31.2 Å². The van der Waals surface area contributed by atoms with E-state index in [0.717, 1.165) is 30.3 Å². The molecule has 3 rings (SSSR count). The number of amides is 1. The van der Waals surface area contributed by atoms with Gasteiger partial charge in [0.1, 0.15) is 11.5 Å². The van der Waals surface area contributed by atoms with Crippen molar-refractivity contribution in [3.8, 4) is 0 Å². The molecule has 1 aromatic carbocycles. The second-order valence-electron chi connectivity index (χ2n) is 5.72. The normalized spacial score (nSPS) is 18.8. The SMILES string of the molecule is CC1CCCN(C(=O)c2cc3ccccc3c(NN)n2)C1. The number of likely N-dealkylation sites (tertiary alicyclic amines) is 1. The Labute approximate surface area is 124 Å². The Morgan fingerprint density at radius 3 is 3.00 bits per heavy atom. The van der Waals surface area contributed by atoms with E-state index in [0.29, 0.717) is 17.4 Å². The zero-order valence-electron chi connectivity index (χ0n) is 12.2. The van der Waals surface area contributed by atoms with E-state index in [1.165, 1.54) is 6.42 Å². The highest BCUT2D eigenvalue weighted by molar-refractivity contribution is 6.00. The lowest BCUT2D eigenvalue weighted by Gasteiger charge is -2.30. The van der Waals surface area contributed by atoms with Gasteiger partial charge in [0.25, 0.3) is 5.91 Å². The minimum Gasteiger partial charge on any atom is -0.337 e. The van der Waals surface area contributed by atoms with Crippen molar-refractivity contribution < 1.29 is 4.79 Å². The van der Waals surface area contributed by atoms with Crippen molar-refractivity contribution in [2.75, 3.05) is 18.5 Å². The van der Waals surface area contributed by atoms with Crippen molar-refractivity contribution in [2.24, 2.45) is 11.8 Å². The van der Waals surface area contributed by atoms with Crippen LogP contribution in [0.2, 0.25) is 0 Å². The van der Waals surface area contributed by atoms with Crippen molar-refractivity contribution in [3.05, 3.63) is 36.0 Å². The zero-order chi connectivity index (χ0) is 14.8. The van der Waals surface area contributed by atoms with Gasteiger partial charge in [0.05, 0.1) is 0 Å². The lowest BCUT2D eigenvalue weighted by Crippen LogP contribution is -2.39. The van der Waals surface area contributed by atoms with Crippen LogP contribution in [-0.4, -0.2) is 28.9 Å². The predicted molar refractivity (Wildman–Crippen MR) is 83.9 cm³/mol. The number of hydrogen-bond acceptors (Lipinski definition) is 4. The summed E-state index contributed by atoms with van der Waals surface area (Å²) < 4.78 is 0. The van der Waals surface area contributed by atoms with E-state index in [1.807, 2.05) is 35.2 Å². The minimum atomic E-state index is -0.0104. The molecule has 1 fully saturated rings. The Kier molecular flexibility index (Phi) is 3.75. The third-order valence-electron chi connectivity index (χ3n) is 4.04. The molecule has 1 atom stereocenters. The van der Waals surface area contributed by atoms with Crippen LogP contribution in [0.4, 0.5) is 5.82 Å². The number of aromatic nitrogens is 1. The number of hydrogen-bond donors (Lipinski definition) is 2. The first-order chi connectivity index (χ1) is 10.2. The number of anilines is 1. The van der Waals surface area contributed by atoms with E-state index >= 15 is 0 Å². The monoisotopic (exact) mass is 284 g/mol. The maximum atomic E-state index is 12.7. The number of carbonyl (C=O) groups is 1. The first kappa shape index (κ1) is 13.8. The molecule has 0 bridgehead atoms. The molecule has 1 unspecified atom stereocenters. The van der Waals surface area contributed by atoms with Crippen molar-refractivity contribution in [3.63, 3.8) is 0 Å². The van der Waals surface area contributed by atoms with Gasteiger partial charge in [-0.15, -0.1) is 0 Å². The Morgan fingerprint density at radius 2 is 2.24 bits per heavy atom. The summed E-state index contributed by atoms with van der Waals surface area (Å²) in [6.45, 7) is 3.79. The van der Waals surface area contributed by atoms with Crippen molar-refractivity contribution in [1.82, 2.24) is 9.88 Å². The van der Waals surface area contributed by atoms with Crippen LogP contribution in [0.25, 0.3) is 10.8 Å². The summed E-state index contributed by atoms with van der Waals surface area (Å²) in [5.41, 5.74) is 3.05. The molecule has 2 heterocycles. The molecule has 5 nitrogen and oxygen atoms in total. The summed E-state index contributed by atoms with van der Waals surface area (Å²) in [5, 5.41) is 1.89. The van der Waals surface area contributed by atoms with Gasteiger partial charge in [-0.2, -0.15) is 0 Å². The van der Waals surface area contributed by atoms with Crippen LogP contribution in [0, 0.1) is 5.92 Å². The molecule has 1 aliphatic rings. The summed E-state index contributed by atoms with van der Waals surface area (Å²) in [6.07, 6.45) is 2.24. The van der Waals surface area contributed by atoms with Gasteiger partial charge < -0.3 is 10.3 Å². The Morgan fingerprint density at radius 1 is 1.43 bits per heavy atom. The van der Waals surface area contributed by atoms with Crippen LogP contribution in [-0.2, 0) is 0 Å². The molecular formula is C16H20N4O. The average Bonchev–Trinajstić information content (AvgIpc) is 2.53. The number of carbonyl (C=O) groups excluding carboxylic acids is 1. The van der Waals surface area contributed by atoms with E-state index in [4.69, 9.17) is 5.84 Å². The number of rotatable bonds is 2. The summed E-state index contributed by atoms with van der Waals surface area (Å²) in [7, 11) is 0. The van der Waals surface area contributed by atoms with Gasteiger partial charge in [0, 0.05) is 18.5 Å². The molecule has 1 saturated heterocycles. The third kappa shape index (κ3) is 2.69. The maximum Gasteiger partial charge on any atom is 0.272 e. The predicted octanol–water partition coefficient (Wildman–Crippen LogP) is 2.39. The van der Waals surface area contributed by atoms with Crippen LogP contribution in [0.1, 0.15) is 30.3 Å². The molecule has 0 saturated carbocycles. The van der Waals surface area contributed by atoms with Crippen molar-refractivity contribution in [1.29, 1.82) is 0 Å². The van der Waals surface area contributed by atoms with E-state index in [2.05, 4.69) is 17.3 Å². The molecule has 110 valence electrons. The van der Waals surface area contributed by atoms with Crippen LogP contribution in [0.5, 0.6) is 0 Å². The topological polar surface area (TPSA) is 71.2 Å². The van der Waals surface area contributed by atoms with Crippen LogP contribution in [0.15, 0.2) is 30.3 Å². The molecule has 0 aliphatic carbocycles. The maximum absolute atomic E-state index is 12.7. The first-order valence-electron chi connectivity index (χ1n) is 7.34. The number of pyridine rings is 1. The molecule has 1 amide bonds. The van der Waals surface area contributed by atoms with E-state index < -0.39 is 0 Å². The number of nitrogens with zero attached hydrogens (tertiary/aromatic N) is 2. The number of piperidine rings is 1. The van der Waals surface area contributed by atoms with Crippen LogP contribution >= 0.6 is 0 Å². The highest BCUT2D eigenvalue weighted by Crippen LogP contribution is 2.24. The van der Waals surface area contributed by atoms with Gasteiger partial charge in [-0.3, -0.25) is 4.79 Å². The molecule has 1 aromatic heterocycles. The summed E-state index contributed by atoms with van der Waals surface area (Å²) in [6, 6.07) is 9.62. The van der Waals surface area contributed by atoms with Crippen LogP contribution in [0.3, 0.4) is 0 Å². The van der Waals surface area contributed by atoms with Gasteiger partial charge in [0.15, 0.2) is 0 Å². The van der Waals surface area contributed by atoms with Gasteiger partial charge >= 0.3 is 0 Å². The Hall–Kier alpha value is -2.14. The highest BCUT2D eigenvalue weighted by atomic mass is 16.2. The second-order valence-corrected chi connectivity index (χ2v) is 5.72. The third-order valence-corrected chi connectivity index (χ3v) is 4.04. The lowest BCUT2D eigenvalue weighted by atomic mass is 10.00. The highest BCUT2D eigenvalue weighted by Gasteiger charge is 2.23. The number of nitrogens with one attached hydrogen (secondary N) is 1. The van der Waals surface area contributed by atoms with Crippen LogP contribution < -0.4 is 11.3 Å². The number of nitrogens with two attached hydrogens (primary N) is 1. The first-order valence-corrected chi connectivity index (χ1v) is 7.34. The fourth-order valence-electron chi connectivity index (χ4n) is 2.95. The molecular weight excluding hydrogens is 264 g/mol. The molecule has 2 aromatic rings. The Balaban J connectivity index is 1.98. The lowest BCUT2D eigenvalue weighted by molar-refractivity contribution is 0.0677. The quantitative estimate of drug-likeness (QED) is 0.656. The fraction of sp³-hybridized carbons (Fsp3) is 0.375. The fourth-order valence-corrected chi connectivity index (χ4v) is 2.95. The largest absolute Gasteiger partial charge is 0.337 e. The average molecular weight is 284 g/mol. The molecule has 1 aliphatic heterocycles. The minimum absolute atomic E-state index is 0.0104. The number of nitrogen functional groups attached to an aromatic ring is 1. The molecule has 3 N–H and O–H groups in total. The van der Waals surface area contributed by atoms with E-state index in [1.54, 1.807) is 0 Å². The van der Waals surface area contributed by atoms with E-state index in [-0.39, 0.29) is 5.91 Å². The number of hydrazine groups is 1. The molecule has 0 spiro atoms. The van der Waals surface area contributed by atoms with Crippen molar-refractivity contribution >= 4 is 22.5 Å². The smallest absolute Gasteiger partial charge is 0.272 e. The molecule has 21 heavy (non-hydrogen) atoms.